The SMILES string of the molecule is COSNc1ccc(-c2ccccc2)cc1-c1ccc(OC(C)=O)cc1. The molecule has 0 unspecified atom stereocenters. The summed E-state index contributed by atoms with van der Waals surface area (Å²) in [7, 11) is 1.61. The molecule has 0 aliphatic heterocycles. The van der Waals surface area contributed by atoms with Gasteiger partial charge in [-0.3, -0.25) is 4.79 Å². The number of rotatable bonds is 6. The predicted molar refractivity (Wildman–Crippen MR) is 107 cm³/mol. The van der Waals surface area contributed by atoms with Crippen molar-refractivity contribution < 1.29 is 13.7 Å². The lowest BCUT2D eigenvalue weighted by molar-refractivity contribution is -0.131. The third-order valence-electron chi connectivity index (χ3n) is 3.79. The summed E-state index contributed by atoms with van der Waals surface area (Å²) in [5.41, 5.74) is 5.26. The van der Waals surface area contributed by atoms with Crippen molar-refractivity contribution in [3.8, 4) is 28.0 Å². The second kappa shape index (κ2) is 8.56. The van der Waals surface area contributed by atoms with Crippen LogP contribution in [0.2, 0.25) is 0 Å². The van der Waals surface area contributed by atoms with Gasteiger partial charge in [-0.1, -0.05) is 48.5 Å². The third-order valence-corrected chi connectivity index (χ3v) is 4.26. The van der Waals surface area contributed by atoms with E-state index in [2.05, 4.69) is 29.0 Å². The molecule has 0 aromatic heterocycles. The Morgan fingerprint density at radius 1 is 0.885 bits per heavy atom. The molecule has 0 heterocycles. The minimum absolute atomic E-state index is 0.331. The predicted octanol–water partition coefficient (Wildman–Crippen LogP) is 5.57. The second-order valence-electron chi connectivity index (χ2n) is 5.60. The zero-order valence-electron chi connectivity index (χ0n) is 14.6. The highest BCUT2D eigenvalue weighted by Crippen LogP contribution is 2.35. The molecule has 26 heavy (non-hydrogen) atoms. The smallest absolute Gasteiger partial charge is 0.308 e. The van der Waals surface area contributed by atoms with E-state index in [1.165, 1.54) is 6.92 Å². The van der Waals surface area contributed by atoms with E-state index in [0.717, 1.165) is 40.2 Å². The highest BCUT2D eigenvalue weighted by molar-refractivity contribution is 7.96. The van der Waals surface area contributed by atoms with Crippen LogP contribution in [0.5, 0.6) is 5.75 Å². The summed E-state index contributed by atoms with van der Waals surface area (Å²) < 4.78 is 13.4. The Bertz CT molecular complexity index is 880. The van der Waals surface area contributed by atoms with E-state index in [1.807, 2.05) is 36.4 Å². The van der Waals surface area contributed by atoms with E-state index >= 15 is 0 Å². The lowest BCUT2D eigenvalue weighted by atomic mass is 9.97. The minimum atomic E-state index is -0.331. The second-order valence-corrected chi connectivity index (χ2v) is 6.30. The van der Waals surface area contributed by atoms with Gasteiger partial charge in [-0.25, -0.2) is 0 Å². The molecule has 0 aliphatic rings. The van der Waals surface area contributed by atoms with Gasteiger partial charge in [-0.05, 0) is 41.0 Å². The van der Waals surface area contributed by atoms with Crippen LogP contribution >= 0.6 is 12.2 Å². The Labute approximate surface area is 157 Å². The van der Waals surface area contributed by atoms with Gasteiger partial charge in [0.1, 0.15) is 18.0 Å². The Hall–Kier alpha value is -2.76. The topological polar surface area (TPSA) is 47.6 Å². The van der Waals surface area contributed by atoms with Crippen LogP contribution < -0.4 is 9.46 Å². The molecule has 0 fully saturated rings. The number of benzene rings is 3. The number of carbonyl (C=O) groups excluding carboxylic acids is 1. The first-order valence-electron chi connectivity index (χ1n) is 8.11. The van der Waals surface area contributed by atoms with Crippen molar-refractivity contribution in [2.45, 2.75) is 6.92 Å². The normalized spacial score (nSPS) is 10.4. The Kier molecular flexibility index (Phi) is 5.94. The van der Waals surface area contributed by atoms with E-state index in [9.17, 15) is 4.79 Å². The van der Waals surface area contributed by atoms with Crippen LogP contribution in [0.1, 0.15) is 6.92 Å². The minimum Gasteiger partial charge on any atom is -0.427 e. The van der Waals surface area contributed by atoms with Gasteiger partial charge in [0.05, 0.1) is 12.8 Å². The Morgan fingerprint density at radius 3 is 2.23 bits per heavy atom. The van der Waals surface area contributed by atoms with Crippen LogP contribution in [0.25, 0.3) is 22.3 Å². The average Bonchev–Trinajstić information content (AvgIpc) is 2.67. The zero-order chi connectivity index (χ0) is 18.4. The molecule has 0 spiro atoms. The number of anilines is 1. The first-order chi connectivity index (χ1) is 12.7. The van der Waals surface area contributed by atoms with Crippen molar-refractivity contribution in [1.82, 2.24) is 0 Å². The van der Waals surface area contributed by atoms with Gasteiger partial charge >= 0.3 is 5.97 Å². The molecule has 3 aromatic rings. The summed E-state index contributed by atoms with van der Waals surface area (Å²) in [5.74, 6) is 0.198. The molecule has 0 saturated carbocycles. The molecule has 132 valence electrons. The molecule has 3 aromatic carbocycles. The van der Waals surface area contributed by atoms with Gasteiger partial charge in [-0.15, -0.1) is 0 Å². The van der Waals surface area contributed by atoms with Crippen LogP contribution in [0.4, 0.5) is 5.69 Å². The van der Waals surface area contributed by atoms with Gasteiger partial charge in [0.15, 0.2) is 0 Å². The number of ether oxygens (including phenoxy) is 1. The maximum atomic E-state index is 11.1. The molecule has 0 bridgehead atoms. The summed E-state index contributed by atoms with van der Waals surface area (Å²) in [6.07, 6.45) is 0. The number of hydrogen-bond acceptors (Lipinski definition) is 5. The van der Waals surface area contributed by atoms with Gasteiger partial charge in [0.2, 0.25) is 0 Å². The van der Waals surface area contributed by atoms with Crippen molar-refractivity contribution in [3.05, 3.63) is 72.8 Å². The fourth-order valence-electron chi connectivity index (χ4n) is 2.64. The van der Waals surface area contributed by atoms with Crippen molar-refractivity contribution in [2.24, 2.45) is 0 Å². The molecular formula is C21H19NO3S. The summed E-state index contributed by atoms with van der Waals surface area (Å²) in [5, 5.41) is 0. The molecular weight excluding hydrogens is 346 g/mol. The maximum absolute atomic E-state index is 11.1. The number of nitrogens with one attached hydrogen (secondary N) is 1. The highest BCUT2D eigenvalue weighted by Gasteiger charge is 2.09. The molecule has 4 nitrogen and oxygen atoms in total. The van der Waals surface area contributed by atoms with E-state index in [1.54, 1.807) is 19.2 Å². The first kappa shape index (κ1) is 18.0. The molecule has 0 aliphatic carbocycles. The summed E-state index contributed by atoms with van der Waals surface area (Å²) in [4.78, 5) is 11.1. The molecule has 5 heteroatoms. The van der Waals surface area contributed by atoms with Gasteiger partial charge < -0.3 is 13.6 Å². The highest BCUT2D eigenvalue weighted by atomic mass is 32.2. The molecule has 1 N–H and O–H groups in total. The largest absolute Gasteiger partial charge is 0.427 e. The average molecular weight is 365 g/mol. The molecule has 0 radical (unpaired) electrons. The van der Waals surface area contributed by atoms with Crippen LogP contribution in [0.3, 0.4) is 0 Å². The fourth-order valence-corrected chi connectivity index (χ4v) is 2.99. The van der Waals surface area contributed by atoms with Crippen LogP contribution in [0.15, 0.2) is 72.8 Å². The molecule has 3 rings (SSSR count). The lowest BCUT2D eigenvalue weighted by Gasteiger charge is -2.13. The Balaban J connectivity index is 2.00. The molecule has 0 atom stereocenters. The summed E-state index contributed by atoms with van der Waals surface area (Å²) >= 11 is 1.16. The number of hydrogen-bond donors (Lipinski definition) is 1. The monoisotopic (exact) mass is 365 g/mol. The summed E-state index contributed by atoms with van der Waals surface area (Å²) in [6, 6.07) is 23.9. The quantitative estimate of drug-likeness (QED) is 0.268. The van der Waals surface area contributed by atoms with Gasteiger partial charge in [-0.2, -0.15) is 0 Å². The molecule has 0 saturated heterocycles. The van der Waals surface area contributed by atoms with Crippen molar-refractivity contribution in [1.29, 1.82) is 0 Å². The zero-order valence-corrected chi connectivity index (χ0v) is 15.4. The van der Waals surface area contributed by atoms with Crippen LogP contribution in [0, 0.1) is 0 Å². The van der Waals surface area contributed by atoms with E-state index in [4.69, 9.17) is 8.92 Å². The Morgan fingerprint density at radius 2 is 1.58 bits per heavy atom. The standard InChI is InChI=1S/C21H19NO3S/c1-15(23)25-19-11-8-17(9-12-19)20-14-18(16-6-4-3-5-7-16)10-13-21(20)22-26-24-2/h3-14,22H,1-2H3. The number of esters is 1. The lowest BCUT2D eigenvalue weighted by Crippen LogP contribution is -2.00. The molecule has 0 amide bonds. The van der Waals surface area contributed by atoms with Crippen LogP contribution in [-0.4, -0.2) is 13.1 Å². The van der Waals surface area contributed by atoms with E-state index in [0.29, 0.717) is 5.75 Å². The maximum Gasteiger partial charge on any atom is 0.308 e. The number of carbonyl (C=O) groups is 1. The van der Waals surface area contributed by atoms with E-state index < -0.39 is 0 Å². The van der Waals surface area contributed by atoms with Gasteiger partial charge in [0, 0.05) is 12.5 Å². The van der Waals surface area contributed by atoms with Gasteiger partial charge in [0.25, 0.3) is 0 Å². The third kappa shape index (κ3) is 4.45. The van der Waals surface area contributed by atoms with Crippen molar-refractivity contribution in [2.75, 3.05) is 11.8 Å². The van der Waals surface area contributed by atoms with Crippen LogP contribution in [-0.2, 0) is 8.98 Å². The summed E-state index contributed by atoms with van der Waals surface area (Å²) in [6.45, 7) is 1.39. The fraction of sp³-hybridized carbons (Fsp3) is 0.0952. The van der Waals surface area contributed by atoms with Crippen molar-refractivity contribution >= 4 is 23.9 Å². The first-order valence-corrected chi connectivity index (χ1v) is 8.85. The van der Waals surface area contributed by atoms with E-state index in [-0.39, 0.29) is 5.97 Å². The van der Waals surface area contributed by atoms with Crippen molar-refractivity contribution in [3.63, 3.8) is 0 Å².